The molecule has 0 bridgehead atoms. The number of amides is 1. The van der Waals surface area contributed by atoms with Gasteiger partial charge in [-0.3, -0.25) is 4.79 Å². The zero-order valence-corrected chi connectivity index (χ0v) is 12.0. The highest BCUT2D eigenvalue weighted by atomic mass is 32.1. The van der Waals surface area contributed by atoms with Crippen LogP contribution in [0, 0.1) is 0 Å². The molecule has 19 heavy (non-hydrogen) atoms. The highest BCUT2D eigenvalue weighted by Gasteiger charge is 2.16. The Balaban J connectivity index is 2.09. The molecule has 2 nitrogen and oxygen atoms in total. The van der Waals surface area contributed by atoms with Crippen molar-refractivity contribution >= 4 is 17.2 Å². The fourth-order valence-corrected chi connectivity index (χ4v) is 2.65. The van der Waals surface area contributed by atoms with Crippen molar-refractivity contribution in [2.45, 2.75) is 26.3 Å². The van der Waals surface area contributed by atoms with Crippen molar-refractivity contribution in [3.63, 3.8) is 0 Å². The number of unbranched alkanes of at least 4 members (excludes halogenated alkanes) is 1. The van der Waals surface area contributed by atoms with E-state index in [1.807, 2.05) is 40.6 Å². The van der Waals surface area contributed by atoms with Crippen LogP contribution in [0.1, 0.15) is 35.0 Å². The minimum atomic E-state index is 0.146. The first kappa shape index (κ1) is 13.8. The predicted molar refractivity (Wildman–Crippen MR) is 80.4 cm³/mol. The van der Waals surface area contributed by atoms with Crippen molar-refractivity contribution in [3.8, 4) is 0 Å². The van der Waals surface area contributed by atoms with E-state index in [0.717, 1.165) is 24.3 Å². The number of rotatable bonds is 6. The Morgan fingerprint density at radius 2 is 1.95 bits per heavy atom. The summed E-state index contributed by atoms with van der Waals surface area (Å²) in [6, 6.07) is 14.0. The quantitative estimate of drug-likeness (QED) is 0.772. The summed E-state index contributed by atoms with van der Waals surface area (Å²) in [6.45, 7) is 3.66. The summed E-state index contributed by atoms with van der Waals surface area (Å²) in [5.74, 6) is 0.146. The van der Waals surface area contributed by atoms with Crippen molar-refractivity contribution in [1.29, 1.82) is 0 Å². The highest BCUT2D eigenvalue weighted by Crippen LogP contribution is 2.15. The summed E-state index contributed by atoms with van der Waals surface area (Å²) in [4.78, 5) is 15.2. The summed E-state index contributed by atoms with van der Waals surface area (Å²) >= 11 is 1.51. The van der Waals surface area contributed by atoms with E-state index in [2.05, 4.69) is 19.1 Å². The normalized spacial score (nSPS) is 10.4. The van der Waals surface area contributed by atoms with Crippen molar-refractivity contribution in [2.24, 2.45) is 0 Å². The number of hydrogen-bond acceptors (Lipinski definition) is 2. The molecule has 0 saturated carbocycles. The van der Waals surface area contributed by atoms with Crippen LogP contribution in [-0.4, -0.2) is 17.4 Å². The van der Waals surface area contributed by atoms with Crippen LogP contribution in [0.2, 0.25) is 0 Å². The first-order valence-corrected chi connectivity index (χ1v) is 7.56. The van der Waals surface area contributed by atoms with Gasteiger partial charge in [0.25, 0.3) is 5.91 Å². The Bertz CT molecular complexity index is 493. The number of benzene rings is 1. The third kappa shape index (κ3) is 3.93. The Kier molecular flexibility index (Phi) is 5.16. The second-order valence-corrected chi connectivity index (χ2v) is 5.49. The molecule has 0 unspecified atom stereocenters. The second kappa shape index (κ2) is 7.10. The largest absolute Gasteiger partial charge is 0.334 e. The molecule has 0 saturated heterocycles. The number of thiophene rings is 1. The number of carbonyl (C=O) groups excluding carboxylic acids is 1. The van der Waals surface area contributed by atoms with Gasteiger partial charge < -0.3 is 4.90 Å². The first-order valence-electron chi connectivity index (χ1n) is 6.68. The summed E-state index contributed by atoms with van der Waals surface area (Å²) < 4.78 is 0. The molecule has 0 spiro atoms. The molecule has 0 aliphatic rings. The standard InChI is InChI=1S/C16H19NOS/c1-2-3-11-17(13-14-8-5-4-6-9-14)16(18)15-10-7-12-19-15/h4-10,12H,2-3,11,13H2,1H3. The molecule has 1 aromatic carbocycles. The zero-order chi connectivity index (χ0) is 13.5. The highest BCUT2D eigenvalue weighted by molar-refractivity contribution is 7.12. The molecule has 3 heteroatoms. The summed E-state index contributed by atoms with van der Waals surface area (Å²) in [5, 5.41) is 1.95. The molecule has 1 aromatic heterocycles. The fraction of sp³-hybridized carbons (Fsp3) is 0.312. The molecule has 1 heterocycles. The molecule has 0 aliphatic carbocycles. The SMILES string of the molecule is CCCCN(Cc1ccccc1)C(=O)c1cccs1. The number of nitrogens with zero attached hydrogens (tertiary/aromatic N) is 1. The van der Waals surface area contributed by atoms with Gasteiger partial charge in [-0.15, -0.1) is 11.3 Å². The van der Waals surface area contributed by atoms with Gasteiger partial charge in [-0.25, -0.2) is 0 Å². The van der Waals surface area contributed by atoms with E-state index in [1.54, 1.807) is 0 Å². The zero-order valence-electron chi connectivity index (χ0n) is 11.2. The summed E-state index contributed by atoms with van der Waals surface area (Å²) in [6.07, 6.45) is 2.15. The maximum Gasteiger partial charge on any atom is 0.264 e. The predicted octanol–water partition coefficient (Wildman–Crippen LogP) is 4.19. The van der Waals surface area contributed by atoms with E-state index < -0.39 is 0 Å². The van der Waals surface area contributed by atoms with Crippen LogP contribution in [0.3, 0.4) is 0 Å². The third-order valence-electron chi connectivity index (χ3n) is 3.02. The van der Waals surface area contributed by atoms with Gasteiger partial charge in [0, 0.05) is 13.1 Å². The average Bonchev–Trinajstić information content (AvgIpc) is 2.98. The summed E-state index contributed by atoms with van der Waals surface area (Å²) in [5.41, 5.74) is 1.18. The van der Waals surface area contributed by atoms with Crippen LogP contribution in [0.15, 0.2) is 47.8 Å². The average molecular weight is 273 g/mol. The van der Waals surface area contributed by atoms with Crippen molar-refractivity contribution < 1.29 is 4.79 Å². The maximum atomic E-state index is 12.5. The van der Waals surface area contributed by atoms with Gasteiger partial charge in [-0.2, -0.15) is 0 Å². The minimum absolute atomic E-state index is 0.146. The van der Waals surface area contributed by atoms with Gasteiger partial charge in [0.05, 0.1) is 4.88 Å². The van der Waals surface area contributed by atoms with E-state index in [0.29, 0.717) is 6.54 Å². The third-order valence-corrected chi connectivity index (χ3v) is 3.87. The molecule has 0 radical (unpaired) electrons. The molecule has 0 aliphatic heterocycles. The molecular formula is C16H19NOS. The van der Waals surface area contributed by atoms with Gasteiger partial charge in [0.2, 0.25) is 0 Å². The molecule has 0 atom stereocenters. The van der Waals surface area contributed by atoms with Gasteiger partial charge in [0.15, 0.2) is 0 Å². The van der Waals surface area contributed by atoms with Gasteiger partial charge in [-0.05, 0) is 23.4 Å². The second-order valence-electron chi connectivity index (χ2n) is 4.54. The minimum Gasteiger partial charge on any atom is -0.334 e. The molecule has 0 fully saturated rings. The van der Waals surface area contributed by atoms with Crippen LogP contribution < -0.4 is 0 Å². The van der Waals surface area contributed by atoms with Gasteiger partial charge in [-0.1, -0.05) is 49.7 Å². The Morgan fingerprint density at radius 3 is 2.58 bits per heavy atom. The Labute approximate surface area is 118 Å². The van der Waals surface area contributed by atoms with Gasteiger partial charge in [0.1, 0.15) is 0 Å². The molecule has 1 amide bonds. The lowest BCUT2D eigenvalue weighted by molar-refractivity contribution is 0.0745. The van der Waals surface area contributed by atoms with Crippen molar-refractivity contribution in [1.82, 2.24) is 4.90 Å². The fourth-order valence-electron chi connectivity index (χ4n) is 1.96. The lowest BCUT2D eigenvalue weighted by Crippen LogP contribution is -2.30. The van der Waals surface area contributed by atoms with Crippen LogP contribution in [-0.2, 0) is 6.54 Å². The molecule has 100 valence electrons. The number of carbonyl (C=O) groups is 1. The van der Waals surface area contributed by atoms with Crippen molar-refractivity contribution in [2.75, 3.05) is 6.54 Å². The van der Waals surface area contributed by atoms with Crippen LogP contribution in [0.25, 0.3) is 0 Å². The molecule has 2 aromatic rings. The van der Waals surface area contributed by atoms with E-state index in [9.17, 15) is 4.79 Å². The van der Waals surface area contributed by atoms with Gasteiger partial charge >= 0.3 is 0 Å². The monoisotopic (exact) mass is 273 g/mol. The van der Waals surface area contributed by atoms with Crippen LogP contribution in [0.5, 0.6) is 0 Å². The molecule has 0 N–H and O–H groups in total. The van der Waals surface area contributed by atoms with Crippen LogP contribution in [0.4, 0.5) is 0 Å². The van der Waals surface area contributed by atoms with E-state index in [1.165, 1.54) is 16.9 Å². The molecule has 2 rings (SSSR count). The summed E-state index contributed by atoms with van der Waals surface area (Å²) in [7, 11) is 0. The van der Waals surface area contributed by atoms with Crippen LogP contribution >= 0.6 is 11.3 Å². The van der Waals surface area contributed by atoms with E-state index in [-0.39, 0.29) is 5.91 Å². The smallest absolute Gasteiger partial charge is 0.264 e. The maximum absolute atomic E-state index is 12.5. The van der Waals surface area contributed by atoms with Crippen molar-refractivity contribution in [3.05, 3.63) is 58.3 Å². The Morgan fingerprint density at radius 1 is 1.16 bits per heavy atom. The lowest BCUT2D eigenvalue weighted by atomic mass is 10.2. The van der Waals surface area contributed by atoms with E-state index in [4.69, 9.17) is 0 Å². The Hall–Kier alpha value is -1.61. The lowest BCUT2D eigenvalue weighted by Gasteiger charge is -2.22. The first-order chi connectivity index (χ1) is 9.31. The number of hydrogen-bond donors (Lipinski definition) is 0. The topological polar surface area (TPSA) is 20.3 Å². The molecular weight excluding hydrogens is 254 g/mol. The van der Waals surface area contributed by atoms with E-state index >= 15 is 0 Å².